The molecule has 4 rings (SSSR count). The maximum absolute atomic E-state index is 14.6. The highest BCUT2D eigenvalue weighted by molar-refractivity contribution is 7.73. The highest BCUT2D eigenvalue weighted by Gasteiger charge is 2.44. The Morgan fingerprint density at radius 1 is 0.683 bits per heavy atom. The van der Waals surface area contributed by atoms with Gasteiger partial charge in [-0.15, -0.1) is 0 Å². The topological polar surface area (TPSA) is 3.24 Å². The Morgan fingerprint density at radius 2 is 1.17 bits per heavy atom. The Kier molecular flexibility index (Phi) is 8.82. The van der Waals surface area contributed by atoms with Crippen LogP contribution < -0.4 is 10.6 Å². The summed E-state index contributed by atoms with van der Waals surface area (Å²) in [6, 6.07) is 11.6. The van der Waals surface area contributed by atoms with Gasteiger partial charge in [-0.25, -0.2) is 4.39 Å². The molecule has 3 unspecified atom stereocenters. The van der Waals surface area contributed by atoms with Crippen molar-refractivity contribution in [2.75, 3.05) is 14.1 Å². The first-order valence-electron chi connectivity index (χ1n) is 12.6. The van der Waals surface area contributed by atoms with Gasteiger partial charge in [0.1, 0.15) is 5.82 Å². The van der Waals surface area contributed by atoms with Crippen LogP contribution in [-0.4, -0.2) is 24.7 Å². The number of alkyl halides is 9. The van der Waals surface area contributed by atoms with E-state index >= 15 is 0 Å². The molecule has 0 aliphatic heterocycles. The fourth-order valence-electron chi connectivity index (χ4n) is 5.72. The van der Waals surface area contributed by atoms with E-state index in [9.17, 15) is 43.9 Å². The Morgan fingerprint density at radius 3 is 1.66 bits per heavy atom. The molecule has 0 N–H and O–H groups in total. The summed E-state index contributed by atoms with van der Waals surface area (Å²) in [7, 11) is 1.25. The third kappa shape index (κ3) is 7.05. The van der Waals surface area contributed by atoms with E-state index in [0.717, 1.165) is 11.6 Å². The van der Waals surface area contributed by atoms with Gasteiger partial charge in [-0.3, -0.25) is 0 Å². The van der Waals surface area contributed by atoms with Crippen molar-refractivity contribution in [1.29, 1.82) is 0 Å². The van der Waals surface area contributed by atoms with Crippen molar-refractivity contribution < 1.29 is 43.9 Å². The van der Waals surface area contributed by atoms with Crippen LogP contribution in [0.2, 0.25) is 0 Å². The molecule has 1 nitrogen and oxygen atoms in total. The normalized spacial score (nSPS) is 19.9. The van der Waals surface area contributed by atoms with Crippen molar-refractivity contribution in [3.8, 4) is 0 Å². The molecule has 0 aromatic heterocycles. The van der Waals surface area contributed by atoms with E-state index in [0.29, 0.717) is 37.5 Å². The number of nitrogens with zero attached hydrogens (tertiary/aromatic N) is 1. The average Bonchev–Trinajstić information content (AvgIpc) is 3.31. The smallest absolute Gasteiger partial charge is 0.302 e. The molecule has 3 aromatic carbocycles. The molecule has 41 heavy (non-hydrogen) atoms. The molecule has 0 radical (unpaired) electrons. The van der Waals surface area contributed by atoms with E-state index in [2.05, 4.69) is 0 Å². The molecule has 0 heterocycles. The van der Waals surface area contributed by atoms with Gasteiger partial charge < -0.3 is 4.90 Å². The molecule has 0 saturated heterocycles. The Bertz CT molecular complexity index is 1320. The second kappa shape index (κ2) is 11.6. The molecular formula is C29H26F10NP. The van der Waals surface area contributed by atoms with Crippen LogP contribution in [-0.2, 0) is 18.5 Å². The number of hydrogen-bond acceptors (Lipinski definition) is 1. The molecule has 1 saturated carbocycles. The zero-order valence-electron chi connectivity index (χ0n) is 21.9. The summed E-state index contributed by atoms with van der Waals surface area (Å²) in [5, 5.41) is -0.661. The second-order valence-corrected chi connectivity index (χ2v) is 12.7. The maximum atomic E-state index is 14.6. The molecule has 0 amide bonds. The van der Waals surface area contributed by atoms with Gasteiger partial charge in [-0.1, -0.05) is 36.8 Å². The van der Waals surface area contributed by atoms with E-state index < -0.39 is 59.9 Å². The lowest BCUT2D eigenvalue weighted by Gasteiger charge is -2.38. The highest BCUT2D eigenvalue weighted by Crippen LogP contribution is 2.55. The van der Waals surface area contributed by atoms with E-state index in [1.165, 1.54) is 0 Å². The van der Waals surface area contributed by atoms with E-state index in [1.54, 1.807) is 32.3 Å². The van der Waals surface area contributed by atoms with Crippen molar-refractivity contribution in [3.05, 3.63) is 94.8 Å². The zero-order chi connectivity index (χ0) is 30.3. The van der Waals surface area contributed by atoms with Gasteiger partial charge in [0, 0.05) is 6.04 Å². The Hall–Kier alpha value is -2.65. The SMILES string of the molecule is CN(C)[C@H](c1ccccc1)C1CCCC1P(c1cc(F)cc(C(F)(F)F)c1)c1cc(C(F)(F)F)cc(C(F)(F)F)c1. The molecule has 1 aliphatic carbocycles. The molecule has 3 aromatic rings. The minimum atomic E-state index is -5.15. The predicted octanol–water partition coefficient (Wildman–Crippen LogP) is 8.79. The zero-order valence-corrected chi connectivity index (χ0v) is 22.8. The van der Waals surface area contributed by atoms with Crippen LogP contribution in [0.3, 0.4) is 0 Å². The lowest BCUT2D eigenvalue weighted by atomic mass is 9.90. The quantitative estimate of drug-likeness (QED) is 0.200. The minimum absolute atomic E-state index is 0.0115. The number of rotatable bonds is 6. The fraction of sp³-hybridized carbons (Fsp3) is 0.379. The van der Waals surface area contributed by atoms with Crippen LogP contribution in [0.15, 0.2) is 66.7 Å². The van der Waals surface area contributed by atoms with Crippen molar-refractivity contribution >= 4 is 18.5 Å². The Labute approximate surface area is 231 Å². The van der Waals surface area contributed by atoms with Crippen LogP contribution in [0.25, 0.3) is 0 Å². The van der Waals surface area contributed by atoms with Gasteiger partial charge in [0.25, 0.3) is 0 Å². The van der Waals surface area contributed by atoms with Crippen LogP contribution >= 0.6 is 7.92 Å². The summed E-state index contributed by atoms with van der Waals surface area (Å²) < 4.78 is 139. The molecule has 0 bridgehead atoms. The number of hydrogen-bond donors (Lipinski definition) is 0. The second-order valence-electron chi connectivity index (χ2n) is 10.3. The van der Waals surface area contributed by atoms with Crippen LogP contribution in [0, 0.1) is 11.7 Å². The van der Waals surface area contributed by atoms with Crippen LogP contribution in [0.4, 0.5) is 43.9 Å². The first kappa shape index (κ1) is 31.3. The molecule has 222 valence electrons. The molecule has 12 heteroatoms. The fourth-order valence-corrected chi connectivity index (χ4v) is 9.02. The molecular weight excluding hydrogens is 583 g/mol. The minimum Gasteiger partial charge on any atom is -0.302 e. The van der Waals surface area contributed by atoms with Crippen molar-refractivity contribution in [1.82, 2.24) is 4.90 Å². The van der Waals surface area contributed by atoms with E-state index in [-0.39, 0.29) is 29.4 Å². The van der Waals surface area contributed by atoms with Crippen molar-refractivity contribution in [2.24, 2.45) is 5.92 Å². The average molecular weight is 609 g/mol. The first-order valence-corrected chi connectivity index (χ1v) is 14.1. The highest BCUT2D eigenvalue weighted by atomic mass is 31.1. The lowest BCUT2D eigenvalue weighted by molar-refractivity contribution is -0.143. The first-order chi connectivity index (χ1) is 19.0. The maximum Gasteiger partial charge on any atom is 0.416 e. The summed E-state index contributed by atoms with van der Waals surface area (Å²) in [6.07, 6.45) is -13.9. The summed E-state index contributed by atoms with van der Waals surface area (Å²) in [5.74, 6) is -1.62. The summed E-state index contributed by atoms with van der Waals surface area (Å²) in [5.41, 5.74) is -4.28. The van der Waals surface area contributed by atoms with Gasteiger partial charge in [0.15, 0.2) is 0 Å². The van der Waals surface area contributed by atoms with Gasteiger partial charge in [0.2, 0.25) is 0 Å². The van der Waals surface area contributed by atoms with Crippen LogP contribution in [0.1, 0.15) is 47.6 Å². The monoisotopic (exact) mass is 609 g/mol. The van der Waals surface area contributed by atoms with Crippen molar-refractivity contribution in [2.45, 2.75) is 49.5 Å². The van der Waals surface area contributed by atoms with Crippen molar-refractivity contribution in [3.63, 3.8) is 0 Å². The third-order valence-corrected chi connectivity index (χ3v) is 10.2. The number of halogens is 10. The molecule has 0 spiro atoms. The number of benzene rings is 3. The predicted molar refractivity (Wildman–Crippen MR) is 138 cm³/mol. The van der Waals surface area contributed by atoms with Crippen LogP contribution in [0.5, 0.6) is 0 Å². The molecule has 1 fully saturated rings. The molecule has 1 aliphatic rings. The lowest BCUT2D eigenvalue weighted by Crippen LogP contribution is -2.35. The van der Waals surface area contributed by atoms with Gasteiger partial charge in [-0.2, -0.15) is 39.5 Å². The standard InChI is InChI=1S/C29H26F10NP/c1-40(2)26(17-7-4-3-5-8-17)24-9-6-10-25(24)41(23-15-20(29(37,38)39)12-21(30)16-23)22-13-18(27(31,32)33)11-19(14-22)28(34,35)36/h3-5,7-8,11-16,24-26H,6,9-10H2,1-2H3/t24?,25?,26-,41?/m1/s1. The van der Waals surface area contributed by atoms with Gasteiger partial charge in [-0.05, 0) is 99.0 Å². The largest absolute Gasteiger partial charge is 0.416 e. The third-order valence-electron chi connectivity index (χ3n) is 7.30. The van der Waals surface area contributed by atoms with E-state index in [4.69, 9.17) is 0 Å². The summed E-state index contributed by atoms with van der Waals surface area (Å²) in [4.78, 5) is 1.88. The van der Waals surface area contributed by atoms with Gasteiger partial charge in [0.05, 0.1) is 16.7 Å². The Balaban J connectivity index is 1.99. The molecule has 4 atom stereocenters. The summed E-state index contributed by atoms with van der Waals surface area (Å²) in [6.45, 7) is 0. The summed E-state index contributed by atoms with van der Waals surface area (Å²) >= 11 is 0. The van der Waals surface area contributed by atoms with Gasteiger partial charge >= 0.3 is 18.5 Å². The van der Waals surface area contributed by atoms with E-state index in [1.807, 2.05) is 17.0 Å².